The second-order valence-corrected chi connectivity index (χ2v) is 3.50. The summed E-state index contributed by atoms with van der Waals surface area (Å²) in [4.78, 5) is 2.32. The van der Waals surface area contributed by atoms with Gasteiger partial charge in [-0.3, -0.25) is 4.90 Å². The van der Waals surface area contributed by atoms with Gasteiger partial charge in [0.15, 0.2) is 0 Å². The van der Waals surface area contributed by atoms with Gasteiger partial charge in [0, 0.05) is 25.2 Å². The van der Waals surface area contributed by atoms with Gasteiger partial charge in [0.2, 0.25) is 0 Å². The average molecular weight is 188 g/mol. The van der Waals surface area contributed by atoms with Crippen LogP contribution >= 0.6 is 0 Å². The number of nitrogens with zero attached hydrogens (tertiary/aromatic N) is 1. The number of hydrogen-bond donors (Lipinski definition) is 1. The molecule has 0 aliphatic heterocycles. The first-order valence-corrected chi connectivity index (χ1v) is 5.08. The molecule has 0 aromatic carbocycles. The first-order chi connectivity index (χ1) is 6.13. The van der Waals surface area contributed by atoms with Crippen molar-refractivity contribution < 1.29 is 4.74 Å². The van der Waals surface area contributed by atoms with E-state index in [4.69, 9.17) is 4.74 Å². The lowest BCUT2D eigenvalue weighted by Crippen LogP contribution is -2.44. The van der Waals surface area contributed by atoms with Crippen LogP contribution in [0, 0.1) is 0 Å². The zero-order chi connectivity index (χ0) is 10.3. The monoisotopic (exact) mass is 188 g/mol. The number of likely N-dealkylation sites (N-methyl/N-ethyl adjacent to an activating group) is 2. The second kappa shape index (κ2) is 7.30. The standard InChI is InChI=1S/C10H24N2O/c1-6-13-8-7-12(5)10(3)9(2)11-4/h9-11H,6-8H2,1-5H3. The first kappa shape index (κ1) is 12.9. The summed E-state index contributed by atoms with van der Waals surface area (Å²) in [6, 6.07) is 1.07. The van der Waals surface area contributed by atoms with Crippen LogP contribution in [0.15, 0.2) is 0 Å². The van der Waals surface area contributed by atoms with Crippen LogP contribution in [0.3, 0.4) is 0 Å². The molecule has 0 aliphatic carbocycles. The molecular weight excluding hydrogens is 164 g/mol. The van der Waals surface area contributed by atoms with E-state index in [1.165, 1.54) is 0 Å². The van der Waals surface area contributed by atoms with Crippen LogP contribution in [0.4, 0.5) is 0 Å². The lowest BCUT2D eigenvalue weighted by molar-refractivity contribution is 0.104. The minimum Gasteiger partial charge on any atom is -0.380 e. The fourth-order valence-electron chi connectivity index (χ4n) is 1.18. The molecule has 0 aromatic rings. The van der Waals surface area contributed by atoms with E-state index >= 15 is 0 Å². The number of nitrogens with one attached hydrogen (secondary N) is 1. The summed E-state index contributed by atoms with van der Waals surface area (Å²) in [5, 5.41) is 3.25. The van der Waals surface area contributed by atoms with Crippen molar-refractivity contribution in [2.45, 2.75) is 32.9 Å². The van der Waals surface area contributed by atoms with Crippen molar-refractivity contribution in [1.82, 2.24) is 10.2 Å². The van der Waals surface area contributed by atoms with Crippen molar-refractivity contribution in [2.24, 2.45) is 0 Å². The van der Waals surface area contributed by atoms with Crippen molar-refractivity contribution in [1.29, 1.82) is 0 Å². The second-order valence-electron chi connectivity index (χ2n) is 3.50. The van der Waals surface area contributed by atoms with Crippen LogP contribution in [0.1, 0.15) is 20.8 Å². The summed E-state index contributed by atoms with van der Waals surface area (Å²) in [5.41, 5.74) is 0. The van der Waals surface area contributed by atoms with Crippen LogP contribution in [0.5, 0.6) is 0 Å². The lowest BCUT2D eigenvalue weighted by Gasteiger charge is -2.29. The van der Waals surface area contributed by atoms with Crippen LogP contribution in [0.25, 0.3) is 0 Å². The normalized spacial score (nSPS) is 16.2. The summed E-state index contributed by atoms with van der Waals surface area (Å²) in [6.45, 7) is 9.09. The quantitative estimate of drug-likeness (QED) is 0.602. The summed E-state index contributed by atoms with van der Waals surface area (Å²) in [6.07, 6.45) is 0. The highest BCUT2D eigenvalue weighted by atomic mass is 16.5. The third kappa shape index (κ3) is 5.24. The molecule has 0 radical (unpaired) electrons. The van der Waals surface area contributed by atoms with Gasteiger partial charge in [0.05, 0.1) is 6.61 Å². The Morgan fingerprint density at radius 3 is 2.46 bits per heavy atom. The molecule has 2 unspecified atom stereocenters. The van der Waals surface area contributed by atoms with Gasteiger partial charge in [-0.25, -0.2) is 0 Å². The summed E-state index contributed by atoms with van der Waals surface area (Å²) < 4.78 is 5.31. The fourth-order valence-corrected chi connectivity index (χ4v) is 1.18. The van der Waals surface area contributed by atoms with E-state index in [1.807, 2.05) is 14.0 Å². The predicted molar refractivity (Wildman–Crippen MR) is 57.1 cm³/mol. The van der Waals surface area contributed by atoms with Crippen molar-refractivity contribution in [3.63, 3.8) is 0 Å². The van der Waals surface area contributed by atoms with E-state index in [2.05, 4.69) is 31.1 Å². The molecule has 0 aromatic heterocycles. The van der Waals surface area contributed by atoms with Gasteiger partial charge < -0.3 is 10.1 Å². The minimum atomic E-state index is 0.520. The Morgan fingerprint density at radius 2 is 2.00 bits per heavy atom. The molecule has 0 fully saturated rings. The zero-order valence-electron chi connectivity index (χ0n) is 9.63. The molecular formula is C10H24N2O. The van der Waals surface area contributed by atoms with Crippen LogP contribution in [-0.2, 0) is 4.74 Å². The van der Waals surface area contributed by atoms with Gasteiger partial charge in [-0.1, -0.05) is 0 Å². The predicted octanol–water partition coefficient (Wildman–Crippen LogP) is 0.951. The maximum absolute atomic E-state index is 5.31. The molecule has 0 aliphatic rings. The largest absolute Gasteiger partial charge is 0.380 e. The molecule has 13 heavy (non-hydrogen) atoms. The van der Waals surface area contributed by atoms with E-state index < -0.39 is 0 Å². The van der Waals surface area contributed by atoms with Gasteiger partial charge in [-0.05, 0) is 34.9 Å². The van der Waals surface area contributed by atoms with E-state index in [0.717, 1.165) is 19.8 Å². The van der Waals surface area contributed by atoms with Crippen LogP contribution in [-0.4, -0.2) is 50.8 Å². The molecule has 2 atom stereocenters. The number of rotatable bonds is 7. The molecule has 0 rings (SSSR count). The Balaban J connectivity index is 3.62. The van der Waals surface area contributed by atoms with Crippen molar-refractivity contribution >= 4 is 0 Å². The topological polar surface area (TPSA) is 24.5 Å². The zero-order valence-corrected chi connectivity index (χ0v) is 9.63. The van der Waals surface area contributed by atoms with Gasteiger partial charge >= 0.3 is 0 Å². The van der Waals surface area contributed by atoms with Crippen LogP contribution < -0.4 is 5.32 Å². The number of hydrogen-bond acceptors (Lipinski definition) is 3. The summed E-state index contributed by atoms with van der Waals surface area (Å²) in [5.74, 6) is 0. The minimum absolute atomic E-state index is 0.520. The third-order valence-corrected chi connectivity index (χ3v) is 2.67. The highest BCUT2D eigenvalue weighted by Crippen LogP contribution is 2.00. The highest BCUT2D eigenvalue weighted by molar-refractivity contribution is 4.73. The molecule has 0 saturated heterocycles. The van der Waals surface area contributed by atoms with Gasteiger partial charge in [-0.15, -0.1) is 0 Å². The van der Waals surface area contributed by atoms with Crippen LogP contribution in [0.2, 0.25) is 0 Å². The Bertz CT molecular complexity index is 119. The van der Waals surface area contributed by atoms with Crippen molar-refractivity contribution in [2.75, 3.05) is 33.9 Å². The smallest absolute Gasteiger partial charge is 0.0593 e. The maximum atomic E-state index is 5.31. The SMILES string of the molecule is CCOCCN(C)C(C)C(C)NC. The molecule has 0 saturated carbocycles. The Kier molecular flexibility index (Phi) is 7.23. The van der Waals surface area contributed by atoms with E-state index in [1.54, 1.807) is 0 Å². The van der Waals surface area contributed by atoms with Crippen molar-refractivity contribution in [3.05, 3.63) is 0 Å². The fraction of sp³-hybridized carbons (Fsp3) is 1.00. The average Bonchev–Trinajstić information content (AvgIpc) is 2.15. The lowest BCUT2D eigenvalue weighted by atomic mass is 10.1. The van der Waals surface area contributed by atoms with E-state index in [9.17, 15) is 0 Å². The van der Waals surface area contributed by atoms with Gasteiger partial charge in [0.25, 0.3) is 0 Å². The van der Waals surface area contributed by atoms with Gasteiger partial charge in [-0.2, -0.15) is 0 Å². The molecule has 0 spiro atoms. The highest BCUT2D eigenvalue weighted by Gasteiger charge is 2.14. The Hall–Kier alpha value is -0.120. The Labute approximate surface area is 82.4 Å². The summed E-state index contributed by atoms with van der Waals surface area (Å²) in [7, 11) is 4.13. The van der Waals surface area contributed by atoms with Crippen molar-refractivity contribution in [3.8, 4) is 0 Å². The van der Waals surface area contributed by atoms with E-state index in [0.29, 0.717) is 12.1 Å². The molecule has 3 nitrogen and oxygen atoms in total. The molecule has 1 N–H and O–H groups in total. The maximum Gasteiger partial charge on any atom is 0.0593 e. The molecule has 80 valence electrons. The summed E-state index contributed by atoms with van der Waals surface area (Å²) >= 11 is 0. The molecule has 3 heteroatoms. The van der Waals surface area contributed by atoms with E-state index in [-0.39, 0.29) is 0 Å². The number of ether oxygens (including phenoxy) is 1. The first-order valence-electron chi connectivity index (χ1n) is 5.08. The Morgan fingerprint density at radius 1 is 1.38 bits per heavy atom. The molecule has 0 amide bonds. The van der Waals surface area contributed by atoms with Gasteiger partial charge in [0.1, 0.15) is 0 Å². The third-order valence-electron chi connectivity index (χ3n) is 2.67. The molecule has 0 bridgehead atoms. The molecule has 0 heterocycles.